The molecule has 140 valence electrons. The molecule has 0 saturated heterocycles. The molecule has 1 aromatic rings. The summed E-state index contributed by atoms with van der Waals surface area (Å²) in [6, 6.07) is 3.44. The molecule has 9 nitrogen and oxygen atoms in total. The van der Waals surface area contributed by atoms with Crippen LogP contribution in [0.3, 0.4) is 0 Å². The lowest BCUT2D eigenvalue weighted by Crippen LogP contribution is -2.39. The highest BCUT2D eigenvalue weighted by Crippen LogP contribution is 2.26. The van der Waals surface area contributed by atoms with Crippen LogP contribution in [-0.4, -0.2) is 59.3 Å². The van der Waals surface area contributed by atoms with Crippen LogP contribution in [0.1, 0.15) is 46.9 Å². The number of nitrogens with zero attached hydrogens (tertiary/aromatic N) is 3. The quantitative estimate of drug-likeness (QED) is 0.329. The van der Waals surface area contributed by atoms with Gasteiger partial charge in [-0.2, -0.15) is 0 Å². The van der Waals surface area contributed by atoms with E-state index in [1.807, 2.05) is 6.92 Å². The van der Waals surface area contributed by atoms with Crippen LogP contribution >= 0.6 is 0 Å². The fourth-order valence-corrected chi connectivity index (χ4v) is 2.66. The molecule has 0 radical (unpaired) electrons. The Labute approximate surface area is 151 Å². The summed E-state index contributed by atoms with van der Waals surface area (Å²) in [6.45, 7) is 3.17. The first-order valence-electron chi connectivity index (χ1n) is 8.50. The minimum atomic E-state index is -0.606. The number of hydrogen-bond acceptors (Lipinski definition) is 5. The lowest BCUT2D eigenvalue weighted by Gasteiger charge is -2.18. The summed E-state index contributed by atoms with van der Waals surface area (Å²) in [5.41, 5.74) is -0.00870. The van der Waals surface area contributed by atoms with Gasteiger partial charge in [0, 0.05) is 38.8 Å². The molecule has 4 amide bonds. The van der Waals surface area contributed by atoms with Crippen LogP contribution in [-0.2, 0) is 0 Å². The number of nitro groups is 1. The van der Waals surface area contributed by atoms with E-state index in [0.29, 0.717) is 19.5 Å². The summed E-state index contributed by atoms with van der Waals surface area (Å²) in [5.74, 6) is -1.01. The van der Waals surface area contributed by atoms with Crippen molar-refractivity contribution in [2.45, 2.75) is 26.2 Å². The zero-order valence-electron chi connectivity index (χ0n) is 14.9. The molecule has 2 rings (SSSR count). The van der Waals surface area contributed by atoms with E-state index in [-0.39, 0.29) is 29.4 Å². The van der Waals surface area contributed by atoms with Gasteiger partial charge < -0.3 is 10.2 Å². The number of benzene rings is 1. The number of imide groups is 1. The number of urea groups is 1. The van der Waals surface area contributed by atoms with E-state index in [1.165, 1.54) is 12.1 Å². The molecule has 26 heavy (non-hydrogen) atoms. The number of amides is 4. The van der Waals surface area contributed by atoms with Crippen molar-refractivity contribution >= 4 is 23.5 Å². The zero-order chi connectivity index (χ0) is 19.3. The van der Waals surface area contributed by atoms with Gasteiger partial charge in [-0.15, -0.1) is 0 Å². The maximum absolute atomic E-state index is 12.3. The van der Waals surface area contributed by atoms with Crippen LogP contribution in [0.15, 0.2) is 18.2 Å². The molecule has 0 unspecified atom stereocenters. The average molecular weight is 362 g/mol. The van der Waals surface area contributed by atoms with E-state index in [1.54, 1.807) is 11.9 Å². The molecule has 1 aliphatic rings. The Morgan fingerprint density at radius 2 is 1.92 bits per heavy atom. The predicted octanol–water partition coefficient (Wildman–Crippen LogP) is 2.02. The standard InChI is InChI=1S/C17H22N4O5/c1-3-4-9-19(2)17(24)18-8-5-10-20-15(22)13-7-6-12(21(25)26)11-14(13)16(20)23/h6-7,11H,3-5,8-10H2,1-2H3,(H,18,24). The van der Waals surface area contributed by atoms with Crippen LogP contribution < -0.4 is 5.32 Å². The van der Waals surface area contributed by atoms with Gasteiger partial charge in [0.1, 0.15) is 0 Å². The maximum atomic E-state index is 12.3. The number of nitro benzene ring substituents is 1. The summed E-state index contributed by atoms with van der Waals surface area (Å²) < 4.78 is 0. The minimum absolute atomic E-state index is 0.0486. The molecule has 0 fully saturated rings. The predicted molar refractivity (Wildman–Crippen MR) is 94.0 cm³/mol. The number of fused-ring (bicyclic) bond motifs is 1. The number of unbranched alkanes of at least 4 members (excludes halogenated alkanes) is 1. The van der Waals surface area contributed by atoms with Gasteiger partial charge in [0.2, 0.25) is 0 Å². The number of carbonyl (C=O) groups is 3. The van der Waals surface area contributed by atoms with Crippen molar-refractivity contribution in [1.82, 2.24) is 15.1 Å². The first-order chi connectivity index (χ1) is 12.4. The second-order valence-corrected chi connectivity index (χ2v) is 6.11. The smallest absolute Gasteiger partial charge is 0.317 e. The molecule has 0 aliphatic carbocycles. The van der Waals surface area contributed by atoms with E-state index >= 15 is 0 Å². The molecule has 0 aromatic heterocycles. The van der Waals surface area contributed by atoms with Crippen molar-refractivity contribution in [2.75, 3.05) is 26.7 Å². The molecular formula is C17H22N4O5. The Hall–Kier alpha value is -2.97. The third kappa shape index (κ3) is 4.16. The van der Waals surface area contributed by atoms with Gasteiger partial charge in [-0.25, -0.2) is 4.79 Å². The third-order valence-electron chi connectivity index (χ3n) is 4.19. The van der Waals surface area contributed by atoms with Crippen molar-refractivity contribution in [3.63, 3.8) is 0 Å². The van der Waals surface area contributed by atoms with E-state index in [4.69, 9.17) is 0 Å². The van der Waals surface area contributed by atoms with E-state index in [2.05, 4.69) is 5.32 Å². The molecule has 9 heteroatoms. The Morgan fingerprint density at radius 3 is 2.58 bits per heavy atom. The molecule has 1 aliphatic heterocycles. The highest BCUT2D eigenvalue weighted by molar-refractivity contribution is 6.21. The monoisotopic (exact) mass is 362 g/mol. The van der Waals surface area contributed by atoms with Crippen molar-refractivity contribution in [3.05, 3.63) is 39.4 Å². The molecular weight excluding hydrogens is 340 g/mol. The number of nitrogens with one attached hydrogen (secondary N) is 1. The van der Waals surface area contributed by atoms with Gasteiger partial charge in [0.15, 0.2) is 0 Å². The topological polar surface area (TPSA) is 113 Å². The number of carbonyl (C=O) groups excluding carboxylic acids is 3. The number of hydrogen-bond donors (Lipinski definition) is 1. The number of non-ortho nitro benzene ring substituents is 1. The van der Waals surface area contributed by atoms with E-state index in [0.717, 1.165) is 23.8 Å². The van der Waals surface area contributed by atoms with Gasteiger partial charge in [-0.05, 0) is 18.9 Å². The molecule has 1 aromatic carbocycles. The van der Waals surface area contributed by atoms with Gasteiger partial charge >= 0.3 is 6.03 Å². The van der Waals surface area contributed by atoms with Gasteiger partial charge in [0.05, 0.1) is 16.1 Å². The van der Waals surface area contributed by atoms with Crippen LogP contribution in [0, 0.1) is 10.1 Å². The summed E-state index contributed by atoms with van der Waals surface area (Å²) in [7, 11) is 1.71. The minimum Gasteiger partial charge on any atom is -0.338 e. The molecule has 0 spiro atoms. The van der Waals surface area contributed by atoms with Gasteiger partial charge in [-0.1, -0.05) is 13.3 Å². The van der Waals surface area contributed by atoms with Gasteiger partial charge in [0.25, 0.3) is 17.5 Å². The highest BCUT2D eigenvalue weighted by atomic mass is 16.6. The Bertz CT molecular complexity index is 734. The lowest BCUT2D eigenvalue weighted by atomic mass is 10.1. The first kappa shape index (κ1) is 19.4. The Morgan fingerprint density at radius 1 is 1.23 bits per heavy atom. The first-order valence-corrected chi connectivity index (χ1v) is 8.50. The van der Waals surface area contributed by atoms with Crippen LogP contribution in [0.4, 0.5) is 10.5 Å². The van der Waals surface area contributed by atoms with Gasteiger partial charge in [-0.3, -0.25) is 24.6 Å². The molecule has 1 N–H and O–H groups in total. The molecule has 0 bridgehead atoms. The maximum Gasteiger partial charge on any atom is 0.317 e. The Kier molecular flexibility index (Phi) is 6.26. The van der Waals surface area contributed by atoms with Crippen molar-refractivity contribution in [2.24, 2.45) is 0 Å². The summed E-state index contributed by atoms with van der Waals surface area (Å²) in [4.78, 5) is 49.3. The third-order valence-corrected chi connectivity index (χ3v) is 4.19. The largest absolute Gasteiger partial charge is 0.338 e. The fraction of sp³-hybridized carbons (Fsp3) is 0.471. The van der Waals surface area contributed by atoms with Crippen molar-refractivity contribution < 1.29 is 19.3 Å². The average Bonchev–Trinajstić information content (AvgIpc) is 2.86. The van der Waals surface area contributed by atoms with Crippen LogP contribution in [0.25, 0.3) is 0 Å². The van der Waals surface area contributed by atoms with Crippen molar-refractivity contribution in [3.8, 4) is 0 Å². The Balaban J connectivity index is 1.87. The molecule has 0 saturated carbocycles. The number of rotatable bonds is 8. The summed E-state index contributed by atoms with van der Waals surface area (Å²) >= 11 is 0. The zero-order valence-corrected chi connectivity index (χ0v) is 14.9. The van der Waals surface area contributed by atoms with Crippen LogP contribution in [0.2, 0.25) is 0 Å². The lowest BCUT2D eigenvalue weighted by molar-refractivity contribution is -0.384. The fourth-order valence-electron chi connectivity index (χ4n) is 2.66. The second kappa shape index (κ2) is 8.41. The van der Waals surface area contributed by atoms with E-state index < -0.39 is 16.7 Å². The summed E-state index contributed by atoms with van der Waals surface area (Å²) in [5, 5.41) is 13.6. The molecule has 0 atom stereocenters. The highest BCUT2D eigenvalue weighted by Gasteiger charge is 2.36. The van der Waals surface area contributed by atoms with Crippen molar-refractivity contribution in [1.29, 1.82) is 0 Å². The summed E-state index contributed by atoms with van der Waals surface area (Å²) in [6.07, 6.45) is 2.32. The van der Waals surface area contributed by atoms with E-state index in [9.17, 15) is 24.5 Å². The normalized spacial score (nSPS) is 12.9. The SMILES string of the molecule is CCCCN(C)C(=O)NCCCN1C(=O)c2ccc([N+](=O)[O-])cc2C1=O. The second-order valence-electron chi connectivity index (χ2n) is 6.11. The molecule has 1 heterocycles. The van der Waals surface area contributed by atoms with Crippen LogP contribution in [0.5, 0.6) is 0 Å².